The van der Waals surface area contributed by atoms with E-state index in [1.54, 1.807) is 6.07 Å². The lowest BCUT2D eigenvalue weighted by atomic mass is 9.97. The van der Waals surface area contributed by atoms with E-state index in [0.29, 0.717) is 37.3 Å². The van der Waals surface area contributed by atoms with Crippen molar-refractivity contribution in [1.29, 1.82) is 0 Å². The van der Waals surface area contributed by atoms with Crippen molar-refractivity contribution in [2.75, 3.05) is 25.0 Å². The fraction of sp³-hybridized carbons (Fsp3) is 0.429. The van der Waals surface area contributed by atoms with E-state index >= 15 is 0 Å². The molecule has 0 atom stereocenters. The maximum atomic E-state index is 12.1. The van der Waals surface area contributed by atoms with Crippen molar-refractivity contribution >= 4 is 52.7 Å². The minimum Gasteiger partial charge on any atom is -0.481 e. The first-order valence-electron chi connectivity index (χ1n) is 7.10. The van der Waals surface area contributed by atoms with Crippen LogP contribution in [0.5, 0.6) is 0 Å². The highest BCUT2D eigenvalue weighted by Gasteiger charge is 2.25. The SMILES string of the molecule is Cl.O=C(CN1CCC(C(=O)O)CC1)Nc1cccc2c1N=S=N2. The topological polar surface area (TPSA) is 94.4 Å². The number of carbonyl (C=O) groups excluding carboxylic acids is 1. The van der Waals surface area contributed by atoms with Gasteiger partial charge in [-0.1, -0.05) is 6.07 Å². The second-order valence-corrected chi connectivity index (χ2v) is 5.90. The fourth-order valence-corrected chi connectivity index (χ4v) is 3.19. The van der Waals surface area contributed by atoms with Gasteiger partial charge in [0.05, 0.1) is 29.5 Å². The van der Waals surface area contributed by atoms with E-state index < -0.39 is 5.97 Å². The molecule has 124 valence electrons. The molecule has 0 saturated carbocycles. The minimum absolute atomic E-state index is 0. The highest BCUT2D eigenvalue weighted by Crippen LogP contribution is 2.38. The number of rotatable bonds is 4. The molecule has 1 saturated heterocycles. The first-order chi connectivity index (χ1) is 10.6. The maximum absolute atomic E-state index is 12.1. The summed E-state index contributed by atoms with van der Waals surface area (Å²) in [6.45, 7) is 1.53. The molecule has 2 aliphatic heterocycles. The number of anilines is 1. The van der Waals surface area contributed by atoms with E-state index in [1.165, 1.54) is 0 Å². The van der Waals surface area contributed by atoms with Crippen LogP contribution in [0.3, 0.4) is 0 Å². The number of carboxylic acids is 1. The second-order valence-electron chi connectivity index (χ2n) is 5.37. The number of hydrogen-bond donors (Lipinski definition) is 2. The first-order valence-corrected chi connectivity index (χ1v) is 7.83. The van der Waals surface area contributed by atoms with Gasteiger partial charge in [0.15, 0.2) is 0 Å². The Kier molecular flexibility index (Phi) is 5.86. The zero-order valence-electron chi connectivity index (χ0n) is 12.3. The lowest BCUT2D eigenvalue weighted by Gasteiger charge is -2.29. The van der Waals surface area contributed by atoms with Gasteiger partial charge in [0, 0.05) is 0 Å². The van der Waals surface area contributed by atoms with Crippen molar-refractivity contribution in [3.8, 4) is 0 Å². The van der Waals surface area contributed by atoms with Crippen LogP contribution in [0.15, 0.2) is 26.9 Å². The van der Waals surface area contributed by atoms with Crippen molar-refractivity contribution in [3.05, 3.63) is 18.2 Å². The Labute approximate surface area is 143 Å². The lowest BCUT2D eigenvalue weighted by molar-refractivity contribution is -0.143. The molecule has 7 nitrogen and oxygen atoms in total. The van der Waals surface area contributed by atoms with Gasteiger partial charge in [-0.15, -0.1) is 12.4 Å². The number of halogens is 1. The molecular weight excluding hydrogens is 340 g/mol. The quantitative estimate of drug-likeness (QED) is 0.880. The number of carboxylic acid groups (broad SMARTS) is 1. The van der Waals surface area contributed by atoms with Gasteiger partial charge in [-0.3, -0.25) is 14.5 Å². The Balaban J connectivity index is 0.00000192. The molecule has 1 aromatic rings. The zero-order valence-corrected chi connectivity index (χ0v) is 13.9. The third kappa shape index (κ3) is 4.15. The van der Waals surface area contributed by atoms with Gasteiger partial charge in [0.2, 0.25) is 5.91 Å². The van der Waals surface area contributed by atoms with Crippen molar-refractivity contribution in [2.24, 2.45) is 14.6 Å². The Morgan fingerprint density at radius 1 is 1.30 bits per heavy atom. The summed E-state index contributed by atoms with van der Waals surface area (Å²) in [6.07, 6.45) is 1.18. The highest BCUT2D eigenvalue weighted by atomic mass is 35.5. The number of amides is 1. The van der Waals surface area contributed by atoms with Crippen LogP contribution in [0, 0.1) is 5.92 Å². The predicted octanol–water partition coefficient (Wildman–Crippen LogP) is 2.57. The molecule has 0 bridgehead atoms. The van der Waals surface area contributed by atoms with E-state index in [2.05, 4.69) is 14.0 Å². The first kappa shape index (κ1) is 17.6. The summed E-state index contributed by atoms with van der Waals surface area (Å²) in [5.41, 5.74) is 2.13. The summed E-state index contributed by atoms with van der Waals surface area (Å²) in [5.74, 6) is -1.14. The van der Waals surface area contributed by atoms with Crippen molar-refractivity contribution < 1.29 is 14.7 Å². The van der Waals surface area contributed by atoms with Crippen LogP contribution in [0.1, 0.15) is 12.8 Å². The predicted molar refractivity (Wildman–Crippen MR) is 90.7 cm³/mol. The van der Waals surface area contributed by atoms with Crippen molar-refractivity contribution in [1.82, 2.24) is 4.90 Å². The van der Waals surface area contributed by atoms with Gasteiger partial charge in [0.25, 0.3) is 0 Å². The molecule has 3 rings (SSSR count). The van der Waals surface area contributed by atoms with E-state index in [9.17, 15) is 9.59 Å². The summed E-state index contributed by atoms with van der Waals surface area (Å²) in [7, 11) is 0. The third-order valence-corrected chi connectivity index (χ3v) is 4.41. The van der Waals surface area contributed by atoms with Crippen LogP contribution in [0.4, 0.5) is 17.1 Å². The summed E-state index contributed by atoms with van der Waals surface area (Å²) in [5, 5.41) is 11.8. The molecule has 0 unspecified atom stereocenters. The maximum Gasteiger partial charge on any atom is 0.306 e. The summed E-state index contributed by atoms with van der Waals surface area (Å²) in [6, 6.07) is 5.49. The molecule has 1 aromatic carbocycles. The number of nitrogens with zero attached hydrogens (tertiary/aromatic N) is 3. The molecule has 0 aromatic heterocycles. The monoisotopic (exact) mass is 356 g/mol. The number of likely N-dealkylation sites (tertiary alicyclic amines) is 1. The Morgan fingerprint density at radius 3 is 2.74 bits per heavy atom. The molecule has 0 radical (unpaired) electrons. The van der Waals surface area contributed by atoms with E-state index in [4.69, 9.17) is 5.11 Å². The average Bonchev–Trinajstić information content (AvgIpc) is 2.97. The molecule has 9 heteroatoms. The number of aliphatic carboxylic acids is 1. The van der Waals surface area contributed by atoms with E-state index in [0.717, 1.165) is 17.0 Å². The molecule has 2 aliphatic rings. The Hall–Kier alpha value is -1.77. The molecular formula is C14H17ClN4O3S. The number of piperidine rings is 1. The number of benzene rings is 1. The van der Waals surface area contributed by atoms with Gasteiger partial charge in [0.1, 0.15) is 11.4 Å². The zero-order chi connectivity index (χ0) is 15.5. The molecule has 1 fully saturated rings. The third-order valence-electron chi connectivity index (χ3n) is 3.86. The van der Waals surface area contributed by atoms with E-state index in [-0.39, 0.29) is 30.8 Å². The number of nitrogens with one attached hydrogen (secondary N) is 1. The molecule has 23 heavy (non-hydrogen) atoms. The molecule has 0 spiro atoms. The van der Waals surface area contributed by atoms with Crippen LogP contribution < -0.4 is 5.32 Å². The number of carbonyl (C=O) groups is 2. The fourth-order valence-electron chi connectivity index (χ4n) is 2.64. The van der Waals surface area contributed by atoms with Gasteiger partial charge < -0.3 is 10.4 Å². The standard InChI is InChI=1S/C14H16N4O3S.ClH/c19-12(8-18-6-4-9(5-7-18)14(20)21)15-10-2-1-3-11-13(10)17-22-16-11;/h1-3,9H,4-8H2,(H,15,19)(H,20,21);1H. The van der Waals surface area contributed by atoms with Crippen LogP contribution >= 0.6 is 12.4 Å². The van der Waals surface area contributed by atoms with Crippen LogP contribution in [-0.4, -0.2) is 41.5 Å². The normalized spacial score (nSPS) is 17.0. The van der Waals surface area contributed by atoms with Gasteiger partial charge in [-0.05, 0) is 38.1 Å². The molecule has 2 N–H and O–H groups in total. The van der Waals surface area contributed by atoms with Gasteiger partial charge in [-0.2, -0.15) is 8.73 Å². The van der Waals surface area contributed by atoms with Crippen molar-refractivity contribution in [2.45, 2.75) is 12.8 Å². The second kappa shape index (κ2) is 7.67. The van der Waals surface area contributed by atoms with Gasteiger partial charge in [-0.25, -0.2) is 0 Å². The largest absolute Gasteiger partial charge is 0.481 e. The number of fused-ring (bicyclic) bond motifs is 1. The number of hydrogen-bond acceptors (Lipinski definition) is 5. The van der Waals surface area contributed by atoms with Crippen molar-refractivity contribution in [3.63, 3.8) is 0 Å². The lowest BCUT2D eigenvalue weighted by Crippen LogP contribution is -2.40. The van der Waals surface area contributed by atoms with E-state index in [1.807, 2.05) is 17.0 Å². The Bertz CT molecular complexity index is 683. The van der Waals surface area contributed by atoms with Crippen LogP contribution in [0.2, 0.25) is 0 Å². The summed E-state index contributed by atoms with van der Waals surface area (Å²) < 4.78 is 8.33. The summed E-state index contributed by atoms with van der Waals surface area (Å²) >= 11 is 1.12. The van der Waals surface area contributed by atoms with Crippen LogP contribution in [0.25, 0.3) is 0 Å². The van der Waals surface area contributed by atoms with Crippen LogP contribution in [-0.2, 0) is 20.9 Å². The highest BCUT2D eigenvalue weighted by molar-refractivity contribution is 7.58. The average molecular weight is 357 g/mol. The van der Waals surface area contributed by atoms with Gasteiger partial charge >= 0.3 is 5.97 Å². The smallest absolute Gasteiger partial charge is 0.306 e. The molecule has 1 amide bonds. The molecule has 2 heterocycles. The minimum atomic E-state index is -0.744. The molecule has 0 aliphatic carbocycles. The Morgan fingerprint density at radius 2 is 2.04 bits per heavy atom. The summed E-state index contributed by atoms with van der Waals surface area (Å²) in [4.78, 5) is 25.0.